The number of methoxy groups -OCH3 is 1. The molecule has 0 aliphatic heterocycles. The molecule has 0 saturated heterocycles. The standard InChI is InChI=1S/C21H21ClN2O4S/c1-14(13-22)18-9-8-16(29-18)12-17(21(27)23-11-10-19(25)28-2)24-20(26)15-6-4-3-5-7-15/h3-9,12H,1,10-11,13H2,2H3,(H,23,27)(H,24,26). The van der Waals surface area contributed by atoms with E-state index in [0.29, 0.717) is 11.4 Å². The molecule has 0 atom stereocenters. The summed E-state index contributed by atoms with van der Waals surface area (Å²) in [7, 11) is 1.28. The number of thiophene rings is 1. The van der Waals surface area contributed by atoms with Crippen LogP contribution in [0.15, 0.2) is 54.7 Å². The molecule has 0 radical (unpaired) electrons. The van der Waals surface area contributed by atoms with Crippen LogP contribution in [0, 0.1) is 0 Å². The molecule has 0 spiro atoms. The second-order valence-corrected chi connectivity index (χ2v) is 7.28. The molecule has 2 N–H and O–H groups in total. The number of allylic oxidation sites excluding steroid dienone is 1. The van der Waals surface area contributed by atoms with Gasteiger partial charge in [0.25, 0.3) is 11.8 Å². The fourth-order valence-corrected chi connectivity index (χ4v) is 3.39. The summed E-state index contributed by atoms with van der Waals surface area (Å²) in [6.07, 6.45) is 1.60. The average molecular weight is 433 g/mol. The number of alkyl halides is 1. The van der Waals surface area contributed by atoms with Gasteiger partial charge in [-0.3, -0.25) is 14.4 Å². The van der Waals surface area contributed by atoms with Gasteiger partial charge in [0, 0.05) is 27.7 Å². The van der Waals surface area contributed by atoms with E-state index < -0.39 is 17.8 Å². The topological polar surface area (TPSA) is 84.5 Å². The van der Waals surface area contributed by atoms with Crippen molar-refractivity contribution >= 4 is 52.4 Å². The maximum Gasteiger partial charge on any atom is 0.307 e. The summed E-state index contributed by atoms with van der Waals surface area (Å²) >= 11 is 7.22. The minimum atomic E-state index is -0.510. The summed E-state index contributed by atoms with van der Waals surface area (Å²) in [6.45, 7) is 3.98. The van der Waals surface area contributed by atoms with Crippen molar-refractivity contribution in [3.8, 4) is 0 Å². The second kappa shape index (κ2) is 11.2. The first-order valence-corrected chi connectivity index (χ1v) is 10.1. The summed E-state index contributed by atoms with van der Waals surface area (Å²) < 4.78 is 4.55. The minimum Gasteiger partial charge on any atom is -0.469 e. The molecule has 152 valence electrons. The molecule has 2 aromatic rings. The largest absolute Gasteiger partial charge is 0.469 e. The van der Waals surface area contributed by atoms with Gasteiger partial charge in [-0.25, -0.2) is 0 Å². The van der Waals surface area contributed by atoms with Crippen LogP contribution in [-0.2, 0) is 14.3 Å². The number of amides is 2. The van der Waals surface area contributed by atoms with Crippen molar-refractivity contribution in [2.24, 2.45) is 0 Å². The van der Waals surface area contributed by atoms with Crippen LogP contribution >= 0.6 is 22.9 Å². The highest BCUT2D eigenvalue weighted by atomic mass is 35.5. The summed E-state index contributed by atoms with van der Waals surface area (Å²) in [4.78, 5) is 38.0. The van der Waals surface area contributed by atoms with Crippen LogP contribution in [0.25, 0.3) is 11.6 Å². The van der Waals surface area contributed by atoms with E-state index in [2.05, 4.69) is 21.9 Å². The lowest BCUT2D eigenvalue weighted by atomic mass is 10.2. The minimum absolute atomic E-state index is 0.0286. The number of ether oxygens (including phenoxy) is 1. The van der Waals surface area contributed by atoms with Gasteiger partial charge in [-0.1, -0.05) is 24.8 Å². The van der Waals surface area contributed by atoms with Gasteiger partial charge in [0.15, 0.2) is 0 Å². The Balaban J connectivity index is 2.20. The van der Waals surface area contributed by atoms with Gasteiger partial charge in [0.1, 0.15) is 5.70 Å². The molecule has 2 rings (SSSR count). The maximum absolute atomic E-state index is 12.6. The summed E-state index contributed by atoms with van der Waals surface area (Å²) in [5.41, 5.74) is 1.26. The predicted molar refractivity (Wildman–Crippen MR) is 116 cm³/mol. The number of carbonyl (C=O) groups excluding carboxylic acids is 3. The van der Waals surface area contributed by atoms with Crippen molar-refractivity contribution in [2.45, 2.75) is 6.42 Å². The molecule has 6 nitrogen and oxygen atoms in total. The Morgan fingerprint density at radius 2 is 1.90 bits per heavy atom. The third kappa shape index (κ3) is 6.89. The predicted octanol–water partition coefficient (Wildman–Crippen LogP) is 3.45. The molecular weight excluding hydrogens is 412 g/mol. The van der Waals surface area contributed by atoms with Crippen molar-refractivity contribution in [3.05, 3.63) is 70.1 Å². The first kappa shape index (κ1) is 22.4. The van der Waals surface area contributed by atoms with Gasteiger partial charge in [0.2, 0.25) is 0 Å². The van der Waals surface area contributed by atoms with Gasteiger partial charge < -0.3 is 15.4 Å². The zero-order valence-corrected chi connectivity index (χ0v) is 17.4. The van der Waals surface area contributed by atoms with E-state index >= 15 is 0 Å². The number of rotatable bonds is 9. The van der Waals surface area contributed by atoms with Gasteiger partial charge in [-0.2, -0.15) is 0 Å². The molecular formula is C21H21ClN2O4S. The maximum atomic E-state index is 12.6. The Labute approximate surface area is 178 Å². The van der Waals surface area contributed by atoms with Gasteiger partial charge in [-0.15, -0.1) is 22.9 Å². The summed E-state index contributed by atoms with van der Waals surface area (Å²) in [6, 6.07) is 12.2. The Kier molecular flexibility index (Phi) is 8.64. The van der Waals surface area contributed by atoms with Crippen LogP contribution in [-0.4, -0.2) is 37.3 Å². The van der Waals surface area contributed by atoms with Crippen LogP contribution in [0.2, 0.25) is 0 Å². The Bertz CT molecular complexity index is 922. The van der Waals surface area contributed by atoms with E-state index in [9.17, 15) is 14.4 Å². The molecule has 8 heteroatoms. The van der Waals surface area contributed by atoms with Crippen LogP contribution < -0.4 is 10.6 Å². The lowest BCUT2D eigenvalue weighted by Crippen LogP contribution is -2.35. The van der Waals surface area contributed by atoms with Crippen molar-refractivity contribution in [1.82, 2.24) is 10.6 Å². The normalized spacial score (nSPS) is 10.9. The molecule has 29 heavy (non-hydrogen) atoms. The SMILES string of the molecule is C=C(CCl)c1ccc(C=C(NC(=O)c2ccccc2)C(=O)NCCC(=O)OC)s1. The molecule has 1 aromatic heterocycles. The number of nitrogens with one attached hydrogen (secondary N) is 2. The third-order valence-electron chi connectivity index (χ3n) is 3.79. The molecule has 1 heterocycles. The fraction of sp³-hybridized carbons (Fsp3) is 0.190. The van der Waals surface area contributed by atoms with Gasteiger partial charge in [-0.05, 0) is 35.9 Å². The van der Waals surface area contributed by atoms with Crippen molar-refractivity contribution in [3.63, 3.8) is 0 Å². The van der Waals surface area contributed by atoms with Crippen LogP contribution in [0.3, 0.4) is 0 Å². The highest BCUT2D eigenvalue weighted by Crippen LogP contribution is 2.25. The first-order valence-electron chi connectivity index (χ1n) is 8.71. The lowest BCUT2D eigenvalue weighted by molar-refractivity contribution is -0.140. The second-order valence-electron chi connectivity index (χ2n) is 5.90. The Morgan fingerprint density at radius 1 is 1.17 bits per heavy atom. The molecule has 1 aromatic carbocycles. The van der Waals surface area contributed by atoms with Gasteiger partial charge in [0.05, 0.1) is 13.5 Å². The number of esters is 1. The van der Waals surface area contributed by atoms with E-state index in [0.717, 1.165) is 15.3 Å². The summed E-state index contributed by atoms with van der Waals surface area (Å²) in [5, 5.41) is 5.25. The number of hydrogen-bond donors (Lipinski definition) is 2. The van der Waals surface area contributed by atoms with Crippen LogP contribution in [0.5, 0.6) is 0 Å². The summed E-state index contributed by atoms with van der Waals surface area (Å²) in [5.74, 6) is -1.06. The highest BCUT2D eigenvalue weighted by Gasteiger charge is 2.15. The Hall–Kier alpha value is -2.90. The highest BCUT2D eigenvalue weighted by molar-refractivity contribution is 7.14. The van der Waals surface area contributed by atoms with Gasteiger partial charge >= 0.3 is 5.97 Å². The third-order valence-corrected chi connectivity index (χ3v) is 5.25. The zero-order chi connectivity index (χ0) is 21.2. The quantitative estimate of drug-likeness (QED) is 0.361. The van der Waals surface area contributed by atoms with E-state index in [1.54, 1.807) is 36.4 Å². The number of hydrogen-bond acceptors (Lipinski definition) is 5. The smallest absolute Gasteiger partial charge is 0.307 e. The van der Waals surface area contributed by atoms with Crippen molar-refractivity contribution < 1.29 is 19.1 Å². The van der Waals surface area contributed by atoms with E-state index in [1.165, 1.54) is 18.4 Å². The molecule has 0 aliphatic carbocycles. The van der Waals surface area contributed by atoms with Crippen molar-refractivity contribution in [2.75, 3.05) is 19.5 Å². The van der Waals surface area contributed by atoms with E-state index in [-0.39, 0.29) is 18.7 Å². The molecule has 0 bridgehead atoms. The number of carbonyl (C=O) groups is 3. The fourth-order valence-electron chi connectivity index (χ4n) is 2.25. The average Bonchev–Trinajstić information content (AvgIpc) is 3.21. The molecule has 0 aliphatic rings. The molecule has 2 amide bonds. The van der Waals surface area contributed by atoms with E-state index in [1.807, 2.05) is 12.1 Å². The number of halogens is 1. The van der Waals surface area contributed by atoms with Crippen LogP contribution in [0.1, 0.15) is 26.5 Å². The Morgan fingerprint density at radius 3 is 2.55 bits per heavy atom. The lowest BCUT2D eigenvalue weighted by Gasteiger charge is -2.10. The van der Waals surface area contributed by atoms with Crippen molar-refractivity contribution in [1.29, 1.82) is 0 Å². The molecule has 0 unspecified atom stereocenters. The molecule has 0 fully saturated rings. The monoisotopic (exact) mass is 432 g/mol. The number of benzene rings is 1. The first-order chi connectivity index (χ1) is 13.9. The zero-order valence-electron chi connectivity index (χ0n) is 15.9. The molecule has 0 saturated carbocycles. The van der Waals surface area contributed by atoms with Crippen LogP contribution in [0.4, 0.5) is 0 Å². The van der Waals surface area contributed by atoms with E-state index in [4.69, 9.17) is 11.6 Å².